The van der Waals surface area contributed by atoms with E-state index in [9.17, 15) is 18.8 Å². The van der Waals surface area contributed by atoms with Gasteiger partial charge in [-0.1, -0.05) is 30.3 Å². The van der Waals surface area contributed by atoms with Crippen LogP contribution in [0.15, 0.2) is 77.7 Å². The number of piperazine rings is 1. The maximum absolute atomic E-state index is 13.4. The molecule has 1 atom stereocenters. The van der Waals surface area contributed by atoms with E-state index in [0.717, 1.165) is 5.56 Å². The molecule has 0 saturated carbocycles. The minimum atomic E-state index is -0.525. The summed E-state index contributed by atoms with van der Waals surface area (Å²) in [5, 5.41) is 2.62. The standard InChI is InChI=1S/C25H25FN4O3/c1-28-14-15-30(22(16-28)18-6-3-2-4-7-18)25(33)21-8-5-13-29(24(21)32)17-23(31)27-20-11-9-19(26)10-12-20/h2-13,22H,14-17H2,1H3,(H,27,31)/t22-/m0/s1. The lowest BCUT2D eigenvalue weighted by molar-refractivity contribution is -0.116. The van der Waals surface area contributed by atoms with Crippen LogP contribution in [0.3, 0.4) is 0 Å². The minimum Gasteiger partial charge on any atom is -0.329 e. The number of hydrogen-bond donors (Lipinski definition) is 1. The second-order valence-electron chi connectivity index (χ2n) is 8.10. The average molecular weight is 448 g/mol. The number of carbonyl (C=O) groups is 2. The molecule has 33 heavy (non-hydrogen) atoms. The summed E-state index contributed by atoms with van der Waals surface area (Å²) in [6.45, 7) is 1.60. The number of nitrogens with zero attached hydrogens (tertiary/aromatic N) is 3. The highest BCUT2D eigenvalue weighted by Crippen LogP contribution is 2.26. The molecule has 0 unspecified atom stereocenters. The first-order valence-corrected chi connectivity index (χ1v) is 10.7. The lowest BCUT2D eigenvalue weighted by atomic mass is 10.0. The zero-order valence-electron chi connectivity index (χ0n) is 18.3. The summed E-state index contributed by atoms with van der Waals surface area (Å²) in [4.78, 5) is 42.8. The SMILES string of the molecule is CN1CCN(C(=O)c2cccn(CC(=O)Nc3ccc(F)cc3)c2=O)[C@H](c2ccccc2)C1. The van der Waals surface area contributed by atoms with Crippen molar-refractivity contribution >= 4 is 17.5 Å². The Bertz CT molecular complexity index is 1190. The Hall–Kier alpha value is -3.78. The van der Waals surface area contributed by atoms with Crippen molar-refractivity contribution in [2.24, 2.45) is 0 Å². The molecule has 1 aliphatic rings. The molecule has 1 aliphatic heterocycles. The van der Waals surface area contributed by atoms with Crippen molar-refractivity contribution in [3.8, 4) is 0 Å². The fraction of sp³-hybridized carbons (Fsp3) is 0.240. The molecule has 1 saturated heterocycles. The van der Waals surface area contributed by atoms with Crippen LogP contribution in [0.2, 0.25) is 0 Å². The van der Waals surface area contributed by atoms with E-state index < -0.39 is 17.3 Å². The summed E-state index contributed by atoms with van der Waals surface area (Å²) in [5.41, 5.74) is 0.928. The van der Waals surface area contributed by atoms with Crippen LogP contribution in [-0.2, 0) is 11.3 Å². The Balaban J connectivity index is 1.54. The maximum atomic E-state index is 13.4. The maximum Gasteiger partial charge on any atom is 0.263 e. The summed E-state index contributed by atoms with van der Waals surface area (Å²) in [6, 6.07) is 18.0. The minimum absolute atomic E-state index is 0.0255. The van der Waals surface area contributed by atoms with Crippen molar-refractivity contribution in [1.82, 2.24) is 14.4 Å². The van der Waals surface area contributed by atoms with Crippen LogP contribution < -0.4 is 10.9 Å². The Morgan fingerprint density at radius 1 is 1.00 bits per heavy atom. The van der Waals surface area contributed by atoms with Crippen LogP contribution in [0.4, 0.5) is 10.1 Å². The van der Waals surface area contributed by atoms with Gasteiger partial charge in [0.05, 0.1) is 6.04 Å². The van der Waals surface area contributed by atoms with Gasteiger partial charge in [-0.3, -0.25) is 14.4 Å². The summed E-state index contributed by atoms with van der Waals surface area (Å²) >= 11 is 0. The summed E-state index contributed by atoms with van der Waals surface area (Å²) in [7, 11) is 2.01. The Labute approximate surface area is 191 Å². The first kappa shape index (κ1) is 22.4. The number of hydrogen-bond acceptors (Lipinski definition) is 4. The highest BCUT2D eigenvalue weighted by molar-refractivity contribution is 5.94. The highest BCUT2D eigenvalue weighted by atomic mass is 19.1. The topological polar surface area (TPSA) is 74.7 Å². The van der Waals surface area contributed by atoms with Gasteiger partial charge in [0.25, 0.3) is 11.5 Å². The van der Waals surface area contributed by atoms with Crippen molar-refractivity contribution in [3.05, 3.63) is 100 Å². The van der Waals surface area contributed by atoms with Gasteiger partial charge in [-0.15, -0.1) is 0 Å². The van der Waals surface area contributed by atoms with Crippen LogP contribution >= 0.6 is 0 Å². The molecular weight excluding hydrogens is 423 g/mol. The number of pyridine rings is 1. The smallest absolute Gasteiger partial charge is 0.263 e. The lowest BCUT2D eigenvalue weighted by Crippen LogP contribution is -2.50. The van der Waals surface area contributed by atoms with E-state index in [0.29, 0.717) is 25.3 Å². The van der Waals surface area contributed by atoms with Crippen molar-refractivity contribution < 1.29 is 14.0 Å². The molecule has 2 heterocycles. The molecule has 4 rings (SSSR count). The number of carbonyl (C=O) groups excluding carboxylic acids is 2. The number of aromatic nitrogens is 1. The molecule has 1 N–H and O–H groups in total. The molecule has 170 valence electrons. The third-order valence-electron chi connectivity index (χ3n) is 5.72. The lowest BCUT2D eigenvalue weighted by Gasteiger charge is -2.40. The molecule has 8 heteroatoms. The third-order valence-corrected chi connectivity index (χ3v) is 5.72. The monoisotopic (exact) mass is 448 g/mol. The van der Waals surface area contributed by atoms with Crippen LogP contribution in [0, 0.1) is 5.82 Å². The van der Waals surface area contributed by atoms with E-state index in [4.69, 9.17) is 0 Å². The fourth-order valence-corrected chi connectivity index (χ4v) is 3.99. The van der Waals surface area contributed by atoms with Crippen LogP contribution in [0.25, 0.3) is 0 Å². The van der Waals surface area contributed by atoms with Gasteiger partial charge in [-0.05, 0) is 49.0 Å². The zero-order valence-corrected chi connectivity index (χ0v) is 18.3. The second kappa shape index (κ2) is 9.79. The van der Waals surface area contributed by atoms with E-state index in [1.807, 2.05) is 37.4 Å². The van der Waals surface area contributed by atoms with Gasteiger partial charge >= 0.3 is 0 Å². The molecule has 7 nitrogen and oxygen atoms in total. The summed E-state index contributed by atoms with van der Waals surface area (Å²) in [6.07, 6.45) is 1.47. The van der Waals surface area contributed by atoms with E-state index >= 15 is 0 Å². The molecule has 0 radical (unpaired) electrons. The van der Waals surface area contributed by atoms with Gasteiger partial charge in [-0.2, -0.15) is 0 Å². The Morgan fingerprint density at radius 2 is 1.73 bits per heavy atom. The van der Waals surface area contributed by atoms with E-state index in [1.54, 1.807) is 11.0 Å². The Morgan fingerprint density at radius 3 is 2.45 bits per heavy atom. The first-order chi connectivity index (χ1) is 15.9. The summed E-state index contributed by atoms with van der Waals surface area (Å²) < 4.78 is 14.3. The number of halogens is 1. The predicted molar refractivity (Wildman–Crippen MR) is 123 cm³/mol. The number of amides is 2. The van der Waals surface area contributed by atoms with Gasteiger partial charge < -0.3 is 19.7 Å². The van der Waals surface area contributed by atoms with E-state index in [-0.39, 0.29) is 24.1 Å². The first-order valence-electron chi connectivity index (χ1n) is 10.7. The van der Waals surface area contributed by atoms with Gasteiger partial charge in [-0.25, -0.2) is 4.39 Å². The normalized spacial score (nSPS) is 16.4. The number of nitrogens with one attached hydrogen (secondary N) is 1. The van der Waals surface area contributed by atoms with Gasteiger partial charge in [0.15, 0.2) is 0 Å². The van der Waals surface area contributed by atoms with E-state index in [1.165, 1.54) is 41.1 Å². The molecule has 0 aliphatic carbocycles. The van der Waals surface area contributed by atoms with Gasteiger partial charge in [0.2, 0.25) is 5.91 Å². The molecule has 1 fully saturated rings. The fourth-order valence-electron chi connectivity index (χ4n) is 3.99. The van der Waals surface area contributed by atoms with Crippen LogP contribution in [0.5, 0.6) is 0 Å². The molecule has 0 spiro atoms. The number of likely N-dealkylation sites (N-methyl/N-ethyl adjacent to an activating group) is 1. The number of benzene rings is 2. The molecule has 3 aromatic rings. The van der Waals surface area contributed by atoms with Crippen molar-refractivity contribution in [1.29, 1.82) is 0 Å². The molecule has 1 aromatic heterocycles. The molecule has 2 amide bonds. The van der Waals surface area contributed by atoms with Crippen LogP contribution in [-0.4, -0.2) is 52.9 Å². The average Bonchev–Trinajstić information content (AvgIpc) is 2.82. The van der Waals surface area contributed by atoms with Crippen molar-refractivity contribution in [2.75, 3.05) is 32.0 Å². The predicted octanol–water partition coefficient (Wildman–Crippen LogP) is 2.76. The molecule has 2 aromatic carbocycles. The summed E-state index contributed by atoms with van der Waals surface area (Å²) in [5.74, 6) is -1.21. The second-order valence-corrected chi connectivity index (χ2v) is 8.10. The highest BCUT2D eigenvalue weighted by Gasteiger charge is 2.32. The number of rotatable bonds is 5. The zero-order chi connectivity index (χ0) is 23.4. The largest absolute Gasteiger partial charge is 0.329 e. The molecular formula is C25H25FN4O3. The van der Waals surface area contributed by atoms with Crippen molar-refractivity contribution in [3.63, 3.8) is 0 Å². The van der Waals surface area contributed by atoms with Gasteiger partial charge in [0.1, 0.15) is 17.9 Å². The quantitative estimate of drug-likeness (QED) is 0.652. The van der Waals surface area contributed by atoms with Gasteiger partial charge in [0, 0.05) is 31.5 Å². The molecule has 0 bridgehead atoms. The Kier molecular flexibility index (Phi) is 6.65. The third kappa shape index (κ3) is 5.18. The van der Waals surface area contributed by atoms with Crippen LogP contribution in [0.1, 0.15) is 22.0 Å². The van der Waals surface area contributed by atoms with E-state index in [2.05, 4.69) is 10.2 Å². The number of anilines is 1. The van der Waals surface area contributed by atoms with Crippen molar-refractivity contribution in [2.45, 2.75) is 12.6 Å².